The highest BCUT2D eigenvalue weighted by Gasteiger charge is 2.08. The molecule has 0 radical (unpaired) electrons. The summed E-state index contributed by atoms with van der Waals surface area (Å²) in [4.78, 5) is 0. The third-order valence-electron chi connectivity index (χ3n) is 4.68. The van der Waals surface area contributed by atoms with Crippen LogP contribution in [0.25, 0.3) is 0 Å². The highest BCUT2D eigenvalue weighted by Crippen LogP contribution is 2.09. The van der Waals surface area contributed by atoms with Crippen molar-refractivity contribution in [3.05, 3.63) is 30.1 Å². The molecule has 0 unspecified atom stereocenters. The molecule has 0 aliphatic carbocycles. The molecule has 1 heterocycles. The number of aliphatic hydroxyl groups excluding tert-OH is 2. The Kier molecular flexibility index (Phi) is 13.7. The molecule has 1 aromatic heterocycles. The number of aryl methyl sites for hydroxylation is 2. The van der Waals surface area contributed by atoms with E-state index in [1.54, 1.807) is 0 Å². The summed E-state index contributed by atoms with van der Waals surface area (Å²) < 4.78 is 2.43. The number of hydrogen-bond acceptors (Lipinski definition) is 2. The molecule has 0 aliphatic heterocycles. The molecular formula is C21H38NO2+. The Labute approximate surface area is 148 Å². The van der Waals surface area contributed by atoms with Gasteiger partial charge in [-0.2, -0.15) is 0 Å². The second-order valence-corrected chi connectivity index (χ2v) is 6.83. The summed E-state index contributed by atoms with van der Waals surface area (Å²) in [7, 11) is 0. The van der Waals surface area contributed by atoms with Crippen molar-refractivity contribution in [1.82, 2.24) is 0 Å². The molecule has 0 saturated heterocycles. The molecule has 24 heavy (non-hydrogen) atoms. The van der Waals surface area contributed by atoms with Gasteiger partial charge in [0.2, 0.25) is 0 Å². The SMILES string of the molecule is OCCCCCCCCc1cccc[n+]1CCCCCCCCO. The zero-order chi connectivity index (χ0) is 17.3. The van der Waals surface area contributed by atoms with Crippen LogP contribution in [0.2, 0.25) is 0 Å². The molecule has 1 rings (SSSR count). The van der Waals surface area contributed by atoms with E-state index in [-0.39, 0.29) is 0 Å². The topological polar surface area (TPSA) is 44.3 Å². The van der Waals surface area contributed by atoms with E-state index in [0.29, 0.717) is 13.2 Å². The van der Waals surface area contributed by atoms with E-state index in [1.807, 2.05) is 0 Å². The first-order chi connectivity index (χ1) is 11.9. The minimum Gasteiger partial charge on any atom is -0.396 e. The van der Waals surface area contributed by atoms with Crippen molar-refractivity contribution in [2.45, 2.75) is 90.0 Å². The number of aromatic nitrogens is 1. The number of hydrogen-bond donors (Lipinski definition) is 2. The molecule has 0 aliphatic rings. The van der Waals surface area contributed by atoms with Crippen molar-refractivity contribution in [3.8, 4) is 0 Å². The third kappa shape index (κ3) is 10.8. The zero-order valence-corrected chi connectivity index (χ0v) is 15.5. The quantitative estimate of drug-likeness (QED) is 0.351. The monoisotopic (exact) mass is 336 g/mol. The molecule has 0 bridgehead atoms. The summed E-state index contributed by atoms with van der Waals surface area (Å²) >= 11 is 0. The lowest BCUT2D eigenvalue weighted by Crippen LogP contribution is -2.37. The number of pyridine rings is 1. The molecule has 138 valence electrons. The number of rotatable bonds is 16. The Balaban J connectivity index is 2.14. The van der Waals surface area contributed by atoms with Gasteiger partial charge in [0.15, 0.2) is 11.9 Å². The Morgan fingerprint density at radius 1 is 0.625 bits per heavy atom. The number of nitrogens with zero attached hydrogens (tertiary/aromatic N) is 1. The highest BCUT2D eigenvalue weighted by atomic mass is 16.3. The lowest BCUT2D eigenvalue weighted by Gasteiger charge is -2.05. The fourth-order valence-electron chi connectivity index (χ4n) is 3.18. The van der Waals surface area contributed by atoms with Crippen molar-refractivity contribution in [3.63, 3.8) is 0 Å². The van der Waals surface area contributed by atoms with E-state index in [0.717, 1.165) is 19.4 Å². The second-order valence-electron chi connectivity index (χ2n) is 6.83. The van der Waals surface area contributed by atoms with Gasteiger partial charge in [0, 0.05) is 38.2 Å². The van der Waals surface area contributed by atoms with Crippen molar-refractivity contribution < 1.29 is 14.8 Å². The largest absolute Gasteiger partial charge is 0.396 e. The average molecular weight is 337 g/mol. The van der Waals surface area contributed by atoms with Gasteiger partial charge >= 0.3 is 0 Å². The number of unbranched alkanes of at least 4 members (excludes halogenated alkanes) is 10. The van der Waals surface area contributed by atoms with Crippen LogP contribution in [0.1, 0.15) is 82.7 Å². The van der Waals surface area contributed by atoms with Gasteiger partial charge in [0.1, 0.15) is 6.54 Å². The second kappa shape index (κ2) is 15.6. The lowest BCUT2D eigenvalue weighted by atomic mass is 10.1. The summed E-state index contributed by atoms with van der Waals surface area (Å²) in [5.74, 6) is 0. The molecule has 0 fully saturated rings. The summed E-state index contributed by atoms with van der Waals surface area (Å²) in [6, 6.07) is 6.56. The summed E-state index contributed by atoms with van der Waals surface area (Å²) in [6.07, 6.45) is 17.8. The van der Waals surface area contributed by atoms with Gasteiger partial charge in [0.25, 0.3) is 0 Å². The fourth-order valence-corrected chi connectivity index (χ4v) is 3.18. The normalized spacial score (nSPS) is 11.1. The van der Waals surface area contributed by atoms with Gasteiger partial charge in [-0.15, -0.1) is 0 Å². The van der Waals surface area contributed by atoms with Crippen LogP contribution in [0.15, 0.2) is 24.4 Å². The maximum Gasteiger partial charge on any atom is 0.181 e. The minimum absolute atomic E-state index is 0.338. The van der Waals surface area contributed by atoms with Crippen LogP contribution in [0, 0.1) is 0 Å². The van der Waals surface area contributed by atoms with Crippen molar-refractivity contribution >= 4 is 0 Å². The molecule has 3 nitrogen and oxygen atoms in total. The summed E-state index contributed by atoms with van der Waals surface area (Å²) in [5.41, 5.74) is 1.47. The Hall–Kier alpha value is -0.930. The van der Waals surface area contributed by atoms with E-state index >= 15 is 0 Å². The maximum atomic E-state index is 8.78. The van der Waals surface area contributed by atoms with Gasteiger partial charge in [-0.3, -0.25) is 0 Å². The molecule has 0 aromatic carbocycles. The van der Waals surface area contributed by atoms with Crippen LogP contribution in [0.4, 0.5) is 0 Å². The maximum absolute atomic E-state index is 8.78. The first-order valence-electron chi connectivity index (χ1n) is 10.1. The highest BCUT2D eigenvalue weighted by molar-refractivity contribution is 4.97. The van der Waals surface area contributed by atoms with Gasteiger partial charge in [-0.1, -0.05) is 51.0 Å². The van der Waals surface area contributed by atoms with E-state index in [2.05, 4.69) is 29.0 Å². The predicted molar refractivity (Wildman–Crippen MR) is 99.9 cm³/mol. The van der Waals surface area contributed by atoms with Crippen molar-refractivity contribution in [2.24, 2.45) is 0 Å². The molecule has 0 spiro atoms. The predicted octanol–water partition coefficient (Wildman–Crippen LogP) is 4.18. The Morgan fingerprint density at radius 3 is 1.79 bits per heavy atom. The van der Waals surface area contributed by atoms with Crippen LogP contribution in [-0.4, -0.2) is 23.4 Å². The third-order valence-corrected chi connectivity index (χ3v) is 4.68. The first kappa shape index (κ1) is 21.1. The zero-order valence-electron chi connectivity index (χ0n) is 15.5. The average Bonchev–Trinajstić information content (AvgIpc) is 2.61. The van der Waals surface area contributed by atoms with Crippen molar-refractivity contribution in [2.75, 3.05) is 13.2 Å². The van der Waals surface area contributed by atoms with Crippen LogP contribution >= 0.6 is 0 Å². The molecule has 0 amide bonds. The minimum atomic E-state index is 0.338. The molecular weight excluding hydrogens is 298 g/mol. The van der Waals surface area contributed by atoms with Gasteiger partial charge in [0.05, 0.1) is 0 Å². The van der Waals surface area contributed by atoms with Gasteiger partial charge < -0.3 is 10.2 Å². The summed E-state index contributed by atoms with van der Waals surface area (Å²) in [6.45, 7) is 1.81. The van der Waals surface area contributed by atoms with Crippen molar-refractivity contribution in [1.29, 1.82) is 0 Å². The number of aliphatic hydroxyl groups is 2. The van der Waals surface area contributed by atoms with Gasteiger partial charge in [-0.25, -0.2) is 4.57 Å². The van der Waals surface area contributed by atoms with E-state index in [4.69, 9.17) is 10.2 Å². The van der Waals surface area contributed by atoms with Gasteiger partial charge in [-0.05, 0) is 25.7 Å². The van der Waals surface area contributed by atoms with Crippen LogP contribution < -0.4 is 4.57 Å². The lowest BCUT2D eigenvalue weighted by molar-refractivity contribution is -0.704. The van der Waals surface area contributed by atoms with E-state index < -0.39 is 0 Å². The Bertz CT molecular complexity index is 358. The molecule has 2 N–H and O–H groups in total. The van der Waals surface area contributed by atoms with Crippen LogP contribution in [-0.2, 0) is 13.0 Å². The van der Waals surface area contributed by atoms with Crippen LogP contribution in [0.3, 0.4) is 0 Å². The first-order valence-corrected chi connectivity index (χ1v) is 10.1. The van der Waals surface area contributed by atoms with E-state index in [9.17, 15) is 0 Å². The smallest absolute Gasteiger partial charge is 0.181 e. The van der Waals surface area contributed by atoms with E-state index in [1.165, 1.54) is 76.3 Å². The van der Waals surface area contributed by atoms with Crippen LogP contribution in [0.5, 0.6) is 0 Å². The Morgan fingerprint density at radius 2 is 1.17 bits per heavy atom. The molecule has 0 atom stereocenters. The fraction of sp³-hybridized carbons (Fsp3) is 0.762. The standard InChI is InChI=1S/C21H38NO2/c23-19-13-7-3-1-5-9-15-21-16-10-12-18-22(21)17-11-6-2-4-8-14-20-24/h10,12,16,18,23-24H,1-9,11,13-15,17,19-20H2/q+1. The molecule has 1 aromatic rings. The molecule has 0 saturated carbocycles. The summed E-state index contributed by atoms with van der Waals surface area (Å²) in [5, 5.41) is 17.6. The molecule has 3 heteroatoms.